The molecule has 4 rings (SSSR count). The Morgan fingerprint density at radius 3 is 1.59 bits per heavy atom. The van der Waals surface area contributed by atoms with Gasteiger partial charge in [0.2, 0.25) is 0 Å². The first-order chi connectivity index (χ1) is 13.4. The maximum Gasteiger partial charge on any atom is 0.0975 e. The molecule has 0 bridgehead atoms. The minimum absolute atomic E-state index is 0.232. The van der Waals surface area contributed by atoms with E-state index in [0.717, 1.165) is 19.4 Å². The zero-order valence-electron chi connectivity index (χ0n) is 15.7. The molecule has 2 heteroatoms. The van der Waals surface area contributed by atoms with Gasteiger partial charge in [0.1, 0.15) is 0 Å². The van der Waals surface area contributed by atoms with Crippen LogP contribution < -0.4 is 0 Å². The Hall–Kier alpha value is -2.42. The smallest absolute Gasteiger partial charge is 0.0975 e. The molecule has 1 heterocycles. The summed E-state index contributed by atoms with van der Waals surface area (Å²) in [4.78, 5) is 2.63. The van der Waals surface area contributed by atoms with E-state index in [9.17, 15) is 5.11 Å². The fourth-order valence-corrected chi connectivity index (χ4v) is 4.76. The molecule has 0 amide bonds. The Morgan fingerprint density at radius 1 is 0.741 bits per heavy atom. The SMILES string of the molecule is OCCC1CCCN1C(c1ccccc1)(c1ccccc1)c1ccccc1. The second kappa shape index (κ2) is 8.08. The predicted molar refractivity (Wildman–Crippen MR) is 111 cm³/mol. The van der Waals surface area contributed by atoms with Gasteiger partial charge in [0, 0.05) is 12.6 Å². The Labute approximate surface area is 162 Å². The van der Waals surface area contributed by atoms with Crippen molar-refractivity contribution in [1.29, 1.82) is 0 Å². The minimum Gasteiger partial charge on any atom is -0.396 e. The van der Waals surface area contributed by atoms with Crippen LogP contribution in [0.2, 0.25) is 0 Å². The zero-order chi connectivity index (χ0) is 18.5. The van der Waals surface area contributed by atoms with Gasteiger partial charge >= 0.3 is 0 Å². The van der Waals surface area contributed by atoms with Gasteiger partial charge in [0.15, 0.2) is 0 Å². The van der Waals surface area contributed by atoms with Crippen molar-refractivity contribution in [2.24, 2.45) is 0 Å². The van der Waals surface area contributed by atoms with Crippen molar-refractivity contribution in [3.63, 3.8) is 0 Å². The van der Waals surface area contributed by atoms with Gasteiger partial charge in [-0.15, -0.1) is 0 Å². The summed E-state index contributed by atoms with van der Waals surface area (Å²) in [5, 5.41) is 9.70. The number of aliphatic hydroxyl groups is 1. The summed E-state index contributed by atoms with van der Waals surface area (Å²) in [6.07, 6.45) is 3.11. The van der Waals surface area contributed by atoms with Crippen molar-refractivity contribution >= 4 is 0 Å². The lowest BCUT2D eigenvalue weighted by molar-refractivity contribution is 0.118. The lowest BCUT2D eigenvalue weighted by atomic mass is 9.75. The van der Waals surface area contributed by atoms with Crippen LogP contribution in [0, 0.1) is 0 Å². The Kier molecular flexibility index (Phi) is 5.38. The molecular weight excluding hydrogens is 330 g/mol. The van der Waals surface area contributed by atoms with Crippen molar-refractivity contribution in [2.75, 3.05) is 13.2 Å². The predicted octanol–water partition coefficient (Wildman–Crippen LogP) is 4.83. The minimum atomic E-state index is -0.347. The molecule has 1 N–H and O–H groups in total. The second-order valence-electron chi connectivity index (χ2n) is 7.31. The highest BCUT2D eigenvalue weighted by atomic mass is 16.3. The molecular formula is C25H27NO. The molecule has 0 saturated carbocycles. The van der Waals surface area contributed by atoms with Gasteiger partial charge in [0.05, 0.1) is 5.54 Å². The highest BCUT2D eigenvalue weighted by Gasteiger charge is 2.46. The number of hydrogen-bond acceptors (Lipinski definition) is 2. The van der Waals surface area contributed by atoms with Crippen molar-refractivity contribution in [1.82, 2.24) is 4.90 Å². The fraction of sp³-hybridized carbons (Fsp3) is 0.280. The topological polar surface area (TPSA) is 23.5 Å². The van der Waals surface area contributed by atoms with Gasteiger partial charge in [-0.1, -0.05) is 91.0 Å². The number of hydrogen-bond donors (Lipinski definition) is 1. The van der Waals surface area contributed by atoms with Gasteiger partial charge in [-0.05, 0) is 42.5 Å². The fourth-order valence-electron chi connectivity index (χ4n) is 4.76. The van der Waals surface area contributed by atoms with E-state index >= 15 is 0 Å². The number of aliphatic hydroxyl groups excluding tert-OH is 1. The van der Waals surface area contributed by atoms with Crippen LogP contribution in [0.1, 0.15) is 36.0 Å². The number of rotatable bonds is 6. The van der Waals surface area contributed by atoms with E-state index in [0.29, 0.717) is 6.04 Å². The molecule has 1 aliphatic heterocycles. The molecule has 0 radical (unpaired) electrons. The van der Waals surface area contributed by atoms with Crippen LogP contribution in [0.5, 0.6) is 0 Å². The van der Waals surface area contributed by atoms with Crippen molar-refractivity contribution in [3.05, 3.63) is 108 Å². The molecule has 1 aliphatic rings. The first-order valence-corrected chi connectivity index (χ1v) is 9.91. The summed E-state index contributed by atoms with van der Waals surface area (Å²) in [5.41, 5.74) is 3.51. The third kappa shape index (κ3) is 3.20. The van der Waals surface area contributed by atoms with E-state index in [2.05, 4.69) is 95.9 Å². The average molecular weight is 357 g/mol. The van der Waals surface area contributed by atoms with Gasteiger partial charge in [-0.25, -0.2) is 0 Å². The van der Waals surface area contributed by atoms with E-state index in [1.54, 1.807) is 0 Å². The first kappa shape index (κ1) is 18.0. The van der Waals surface area contributed by atoms with E-state index in [-0.39, 0.29) is 12.1 Å². The molecule has 3 aromatic carbocycles. The largest absolute Gasteiger partial charge is 0.396 e. The molecule has 138 valence electrons. The highest BCUT2D eigenvalue weighted by Crippen LogP contribution is 2.46. The van der Waals surface area contributed by atoms with Crippen LogP contribution >= 0.6 is 0 Å². The van der Waals surface area contributed by atoms with E-state index in [4.69, 9.17) is 0 Å². The Bertz CT molecular complexity index is 735. The first-order valence-electron chi connectivity index (χ1n) is 9.91. The van der Waals surface area contributed by atoms with E-state index in [1.165, 1.54) is 23.1 Å². The third-order valence-corrected chi connectivity index (χ3v) is 5.84. The van der Waals surface area contributed by atoms with Crippen LogP contribution in [-0.2, 0) is 5.54 Å². The summed E-state index contributed by atoms with van der Waals surface area (Å²) in [6.45, 7) is 1.26. The van der Waals surface area contributed by atoms with Gasteiger partial charge < -0.3 is 5.11 Å². The molecule has 0 spiro atoms. The third-order valence-electron chi connectivity index (χ3n) is 5.84. The van der Waals surface area contributed by atoms with Crippen LogP contribution in [0.4, 0.5) is 0 Å². The molecule has 0 aliphatic carbocycles. The maximum atomic E-state index is 9.70. The summed E-state index contributed by atoms with van der Waals surface area (Å²) in [6, 6.07) is 32.9. The normalized spacial score (nSPS) is 17.9. The zero-order valence-corrected chi connectivity index (χ0v) is 15.7. The van der Waals surface area contributed by atoms with Crippen LogP contribution in [0.15, 0.2) is 91.0 Å². The summed E-state index contributed by atoms with van der Waals surface area (Å²) < 4.78 is 0. The Balaban J connectivity index is 2.01. The molecule has 1 fully saturated rings. The molecule has 1 saturated heterocycles. The summed E-state index contributed by atoms with van der Waals surface area (Å²) >= 11 is 0. The maximum absolute atomic E-state index is 9.70. The molecule has 2 nitrogen and oxygen atoms in total. The number of benzene rings is 3. The van der Waals surface area contributed by atoms with Gasteiger partial charge in [0.25, 0.3) is 0 Å². The standard InChI is InChI=1S/C25H27NO/c27-20-18-24-17-10-19-26(24)25(21-11-4-1-5-12-21,22-13-6-2-7-14-22)23-15-8-3-9-16-23/h1-9,11-16,24,27H,10,17-20H2. The molecule has 0 aromatic heterocycles. The highest BCUT2D eigenvalue weighted by molar-refractivity contribution is 5.50. The molecule has 1 atom stereocenters. The van der Waals surface area contributed by atoms with E-state index < -0.39 is 0 Å². The van der Waals surface area contributed by atoms with Crippen LogP contribution in [0.25, 0.3) is 0 Å². The van der Waals surface area contributed by atoms with E-state index in [1.807, 2.05) is 0 Å². The molecule has 1 unspecified atom stereocenters. The van der Waals surface area contributed by atoms with Crippen molar-refractivity contribution in [2.45, 2.75) is 30.8 Å². The van der Waals surface area contributed by atoms with Crippen molar-refractivity contribution in [3.8, 4) is 0 Å². The van der Waals surface area contributed by atoms with Gasteiger partial charge in [-0.3, -0.25) is 4.90 Å². The second-order valence-corrected chi connectivity index (χ2v) is 7.31. The lowest BCUT2D eigenvalue weighted by Crippen LogP contribution is -2.50. The molecule has 27 heavy (non-hydrogen) atoms. The van der Waals surface area contributed by atoms with Crippen LogP contribution in [0.3, 0.4) is 0 Å². The Morgan fingerprint density at radius 2 is 1.19 bits per heavy atom. The van der Waals surface area contributed by atoms with Crippen LogP contribution in [-0.4, -0.2) is 29.2 Å². The molecule has 3 aromatic rings. The summed E-state index contributed by atoms with van der Waals surface area (Å²) in [7, 11) is 0. The number of nitrogens with zero attached hydrogens (tertiary/aromatic N) is 1. The average Bonchev–Trinajstić information content (AvgIpc) is 3.20. The van der Waals surface area contributed by atoms with Crippen molar-refractivity contribution < 1.29 is 5.11 Å². The van der Waals surface area contributed by atoms with Gasteiger partial charge in [-0.2, -0.15) is 0 Å². The summed E-state index contributed by atoms with van der Waals surface area (Å²) in [5.74, 6) is 0. The number of likely N-dealkylation sites (tertiary alicyclic amines) is 1. The quantitative estimate of drug-likeness (QED) is 0.639. The monoisotopic (exact) mass is 357 g/mol. The lowest BCUT2D eigenvalue weighted by Gasteiger charge is -2.46.